The van der Waals surface area contributed by atoms with Crippen molar-refractivity contribution in [1.29, 1.82) is 0 Å². The van der Waals surface area contributed by atoms with Crippen molar-refractivity contribution in [2.24, 2.45) is 0 Å². The molecule has 0 saturated heterocycles. The number of fused-ring (bicyclic) bond motifs is 1. The van der Waals surface area contributed by atoms with Crippen molar-refractivity contribution in [3.05, 3.63) is 58.6 Å². The van der Waals surface area contributed by atoms with Crippen LogP contribution in [0.4, 0.5) is 5.13 Å². The van der Waals surface area contributed by atoms with Crippen molar-refractivity contribution in [1.82, 2.24) is 4.98 Å². The maximum atomic E-state index is 4.62. The Morgan fingerprint density at radius 1 is 1.19 bits per heavy atom. The number of anilines is 1. The van der Waals surface area contributed by atoms with Crippen molar-refractivity contribution in [2.45, 2.75) is 19.3 Å². The Morgan fingerprint density at radius 3 is 2.81 bits per heavy atom. The highest BCUT2D eigenvalue weighted by molar-refractivity contribution is 9.10. The molecule has 1 unspecified atom stereocenters. The maximum Gasteiger partial charge on any atom is 0.183 e. The average molecular weight is 361 g/mol. The molecule has 0 fully saturated rings. The van der Waals surface area contributed by atoms with Gasteiger partial charge >= 0.3 is 0 Å². The lowest BCUT2D eigenvalue weighted by Gasteiger charge is -2.11. The van der Waals surface area contributed by atoms with Crippen molar-refractivity contribution < 1.29 is 0 Å². The number of hydrogen-bond acceptors (Lipinski definition) is 3. The summed E-state index contributed by atoms with van der Waals surface area (Å²) in [5, 5.41) is 4.45. The molecule has 2 nitrogen and oxygen atoms in total. The van der Waals surface area contributed by atoms with E-state index in [2.05, 4.69) is 81.7 Å². The molecule has 0 aliphatic carbocycles. The van der Waals surface area contributed by atoms with E-state index in [0.717, 1.165) is 28.1 Å². The van der Waals surface area contributed by atoms with Crippen LogP contribution in [0.25, 0.3) is 10.2 Å². The predicted octanol–water partition coefficient (Wildman–Crippen LogP) is 5.66. The highest BCUT2D eigenvalue weighted by atomic mass is 79.9. The van der Waals surface area contributed by atoms with Crippen LogP contribution in [0.2, 0.25) is 0 Å². The molecular formula is C17H17BrN2S. The molecule has 0 aliphatic heterocycles. The Bertz CT molecular complexity index is 724. The number of halogens is 1. The largest absolute Gasteiger partial charge is 0.361 e. The van der Waals surface area contributed by atoms with Crippen LogP contribution in [0.5, 0.6) is 0 Å². The topological polar surface area (TPSA) is 24.9 Å². The van der Waals surface area contributed by atoms with Crippen molar-refractivity contribution in [3.8, 4) is 0 Å². The fraction of sp³-hybridized carbons (Fsp3) is 0.235. The second-order valence-electron chi connectivity index (χ2n) is 5.16. The minimum absolute atomic E-state index is 0.558. The van der Waals surface area contributed by atoms with Crippen LogP contribution in [0.3, 0.4) is 0 Å². The Labute approximate surface area is 137 Å². The highest BCUT2D eigenvalue weighted by Gasteiger charge is 2.06. The predicted molar refractivity (Wildman–Crippen MR) is 95.3 cm³/mol. The fourth-order valence-electron chi connectivity index (χ4n) is 2.32. The van der Waals surface area contributed by atoms with E-state index >= 15 is 0 Å². The Hall–Kier alpha value is -1.39. The maximum absolute atomic E-state index is 4.62. The SMILES string of the molecule is CC(CCNc1nc2cc(Br)ccc2s1)c1ccccc1. The van der Waals surface area contributed by atoms with Crippen molar-refractivity contribution in [3.63, 3.8) is 0 Å². The van der Waals surface area contributed by atoms with Gasteiger partial charge in [0.1, 0.15) is 0 Å². The lowest BCUT2D eigenvalue weighted by molar-refractivity contribution is 0.706. The van der Waals surface area contributed by atoms with Gasteiger partial charge in [0.05, 0.1) is 10.2 Å². The molecular weight excluding hydrogens is 344 g/mol. The summed E-state index contributed by atoms with van der Waals surface area (Å²) in [7, 11) is 0. The second kappa shape index (κ2) is 6.58. The van der Waals surface area contributed by atoms with E-state index in [1.165, 1.54) is 10.3 Å². The van der Waals surface area contributed by atoms with Gasteiger partial charge < -0.3 is 5.32 Å². The first-order valence-corrected chi connectivity index (χ1v) is 8.68. The van der Waals surface area contributed by atoms with Crippen molar-refractivity contribution in [2.75, 3.05) is 11.9 Å². The average Bonchev–Trinajstić information content (AvgIpc) is 2.89. The summed E-state index contributed by atoms with van der Waals surface area (Å²) < 4.78 is 2.29. The molecule has 21 heavy (non-hydrogen) atoms. The Kier molecular flexibility index (Phi) is 4.56. The molecule has 0 radical (unpaired) electrons. The molecule has 4 heteroatoms. The summed E-state index contributed by atoms with van der Waals surface area (Å²) in [5.74, 6) is 0.558. The molecule has 0 bridgehead atoms. The third kappa shape index (κ3) is 3.63. The van der Waals surface area contributed by atoms with Crippen LogP contribution in [-0.4, -0.2) is 11.5 Å². The lowest BCUT2D eigenvalue weighted by Crippen LogP contribution is -2.05. The summed E-state index contributed by atoms with van der Waals surface area (Å²) in [6, 6.07) is 16.9. The standard InChI is InChI=1S/C17H17BrN2S/c1-12(13-5-3-2-4-6-13)9-10-19-17-20-15-11-14(18)7-8-16(15)21-17/h2-8,11-12H,9-10H2,1H3,(H,19,20). The van der Waals surface area contributed by atoms with Crippen LogP contribution >= 0.6 is 27.3 Å². The summed E-state index contributed by atoms with van der Waals surface area (Å²) in [6.45, 7) is 3.21. The number of hydrogen-bond donors (Lipinski definition) is 1. The summed E-state index contributed by atoms with van der Waals surface area (Å²) in [5.41, 5.74) is 2.44. The minimum atomic E-state index is 0.558. The zero-order valence-electron chi connectivity index (χ0n) is 11.8. The molecule has 1 N–H and O–H groups in total. The van der Waals surface area contributed by atoms with Gasteiger partial charge in [0.15, 0.2) is 5.13 Å². The molecule has 0 spiro atoms. The van der Waals surface area contributed by atoms with E-state index in [0.29, 0.717) is 5.92 Å². The smallest absolute Gasteiger partial charge is 0.183 e. The van der Waals surface area contributed by atoms with Crippen molar-refractivity contribution >= 4 is 42.6 Å². The normalized spacial score (nSPS) is 12.5. The van der Waals surface area contributed by atoms with Gasteiger partial charge in [-0.1, -0.05) is 64.5 Å². The van der Waals surface area contributed by atoms with E-state index in [1.807, 2.05) is 0 Å². The van der Waals surface area contributed by atoms with Gasteiger partial charge in [-0.05, 0) is 36.1 Å². The van der Waals surface area contributed by atoms with E-state index in [9.17, 15) is 0 Å². The van der Waals surface area contributed by atoms with Crippen LogP contribution in [0, 0.1) is 0 Å². The van der Waals surface area contributed by atoms with Gasteiger partial charge in [-0.3, -0.25) is 0 Å². The van der Waals surface area contributed by atoms with Crippen LogP contribution in [0.15, 0.2) is 53.0 Å². The van der Waals surface area contributed by atoms with E-state index < -0.39 is 0 Å². The van der Waals surface area contributed by atoms with Gasteiger partial charge in [-0.2, -0.15) is 0 Å². The summed E-state index contributed by atoms with van der Waals surface area (Å²) in [4.78, 5) is 4.62. The highest BCUT2D eigenvalue weighted by Crippen LogP contribution is 2.28. The Balaban J connectivity index is 1.59. The molecule has 0 aliphatic rings. The van der Waals surface area contributed by atoms with Gasteiger partial charge in [-0.25, -0.2) is 4.98 Å². The molecule has 0 amide bonds. The first-order valence-electron chi connectivity index (χ1n) is 7.07. The monoisotopic (exact) mass is 360 g/mol. The first-order chi connectivity index (χ1) is 10.2. The third-order valence-corrected chi connectivity index (χ3v) is 5.06. The molecule has 1 atom stereocenters. The van der Waals surface area contributed by atoms with E-state index in [1.54, 1.807) is 11.3 Å². The van der Waals surface area contributed by atoms with E-state index in [-0.39, 0.29) is 0 Å². The number of thiazole rings is 1. The number of nitrogens with one attached hydrogen (secondary N) is 1. The molecule has 1 aromatic heterocycles. The van der Waals surface area contributed by atoms with Crippen LogP contribution < -0.4 is 5.32 Å². The van der Waals surface area contributed by atoms with Gasteiger partial charge in [0.25, 0.3) is 0 Å². The first kappa shape index (κ1) is 14.5. The zero-order valence-corrected chi connectivity index (χ0v) is 14.2. The van der Waals surface area contributed by atoms with Gasteiger partial charge in [0, 0.05) is 11.0 Å². The summed E-state index contributed by atoms with van der Waals surface area (Å²) in [6.07, 6.45) is 1.10. The minimum Gasteiger partial charge on any atom is -0.361 e. The number of rotatable bonds is 5. The molecule has 108 valence electrons. The van der Waals surface area contributed by atoms with Crippen LogP contribution in [-0.2, 0) is 0 Å². The Morgan fingerprint density at radius 2 is 2.00 bits per heavy atom. The summed E-state index contributed by atoms with van der Waals surface area (Å²) >= 11 is 5.19. The molecule has 3 aromatic rings. The third-order valence-electron chi connectivity index (χ3n) is 3.57. The molecule has 0 saturated carbocycles. The van der Waals surface area contributed by atoms with E-state index in [4.69, 9.17) is 0 Å². The lowest BCUT2D eigenvalue weighted by atomic mass is 9.98. The number of aromatic nitrogens is 1. The van der Waals surface area contributed by atoms with Gasteiger partial charge in [0.2, 0.25) is 0 Å². The molecule has 3 rings (SSSR count). The zero-order chi connectivity index (χ0) is 14.7. The quantitative estimate of drug-likeness (QED) is 0.634. The molecule has 1 heterocycles. The number of nitrogens with zero attached hydrogens (tertiary/aromatic N) is 1. The fourth-order valence-corrected chi connectivity index (χ4v) is 3.54. The van der Waals surface area contributed by atoms with Gasteiger partial charge in [-0.15, -0.1) is 0 Å². The molecule has 2 aromatic carbocycles. The second-order valence-corrected chi connectivity index (χ2v) is 7.10. The van der Waals surface area contributed by atoms with Crippen LogP contribution in [0.1, 0.15) is 24.8 Å². The number of benzene rings is 2.